The van der Waals surface area contributed by atoms with E-state index in [9.17, 15) is 9.50 Å². The molecule has 0 bridgehead atoms. The summed E-state index contributed by atoms with van der Waals surface area (Å²) in [6.45, 7) is 6.49. The zero-order valence-corrected chi connectivity index (χ0v) is 11.9. The SMILES string of the molecule is CCC1CCCN(C(C)c2ccc(F)cc2O)CC1. The van der Waals surface area contributed by atoms with Crippen LogP contribution in [0.3, 0.4) is 0 Å². The summed E-state index contributed by atoms with van der Waals surface area (Å²) in [5.41, 5.74) is 0.830. The zero-order chi connectivity index (χ0) is 13.8. The van der Waals surface area contributed by atoms with E-state index in [4.69, 9.17) is 0 Å². The molecule has 0 spiro atoms. The summed E-state index contributed by atoms with van der Waals surface area (Å²) in [4.78, 5) is 2.41. The standard InChI is InChI=1S/C16H24FNO/c1-3-13-5-4-9-18(10-8-13)12(2)15-7-6-14(17)11-16(15)19/h6-7,11-13,19H,3-5,8-10H2,1-2H3. The molecule has 0 aliphatic carbocycles. The summed E-state index contributed by atoms with van der Waals surface area (Å²) in [7, 11) is 0. The van der Waals surface area contributed by atoms with E-state index in [0.717, 1.165) is 24.6 Å². The van der Waals surface area contributed by atoms with Gasteiger partial charge < -0.3 is 5.11 Å². The van der Waals surface area contributed by atoms with Crippen molar-refractivity contribution in [2.45, 2.75) is 45.6 Å². The highest BCUT2D eigenvalue weighted by molar-refractivity contribution is 5.35. The predicted octanol–water partition coefficient (Wildman–Crippen LogP) is 4.10. The number of hydrogen-bond donors (Lipinski definition) is 1. The number of rotatable bonds is 3. The van der Waals surface area contributed by atoms with Gasteiger partial charge in [-0.2, -0.15) is 0 Å². The van der Waals surface area contributed by atoms with Crippen LogP contribution in [-0.4, -0.2) is 23.1 Å². The smallest absolute Gasteiger partial charge is 0.126 e. The van der Waals surface area contributed by atoms with Crippen LogP contribution in [0.2, 0.25) is 0 Å². The Hall–Kier alpha value is -1.09. The lowest BCUT2D eigenvalue weighted by molar-refractivity contribution is 0.212. The maximum atomic E-state index is 13.0. The molecule has 3 heteroatoms. The van der Waals surface area contributed by atoms with Crippen molar-refractivity contribution in [3.63, 3.8) is 0 Å². The quantitative estimate of drug-likeness (QED) is 0.889. The van der Waals surface area contributed by atoms with Crippen molar-refractivity contribution in [2.75, 3.05) is 13.1 Å². The van der Waals surface area contributed by atoms with Gasteiger partial charge in [0, 0.05) is 17.7 Å². The van der Waals surface area contributed by atoms with Gasteiger partial charge in [-0.1, -0.05) is 19.4 Å². The van der Waals surface area contributed by atoms with Gasteiger partial charge in [-0.25, -0.2) is 4.39 Å². The summed E-state index contributed by atoms with van der Waals surface area (Å²) in [5.74, 6) is 0.526. The molecule has 2 unspecified atom stereocenters. The number of benzene rings is 1. The van der Waals surface area contributed by atoms with Gasteiger partial charge in [0.2, 0.25) is 0 Å². The molecule has 2 atom stereocenters. The van der Waals surface area contributed by atoms with Gasteiger partial charge in [0.1, 0.15) is 11.6 Å². The highest BCUT2D eigenvalue weighted by Gasteiger charge is 2.22. The van der Waals surface area contributed by atoms with Crippen LogP contribution >= 0.6 is 0 Å². The van der Waals surface area contributed by atoms with Crippen LogP contribution < -0.4 is 0 Å². The molecule has 0 radical (unpaired) electrons. The molecule has 1 aliphatic rings. The molecule has 1 aliphatic heterocycles. The third-order valence-corrected chi connectivity index (χ3v) is 4.45. The lowest BCUT2D eigenvalue weighted by atomic mass is 9.98. The minimum atomic E-state index is -0.379. The van der Waals surface area contributed by atoms with Crippen LogP contribution in [0.25, 0.3) is 0 Å². The van der Waals surface area contributed by atoms with E-state index >= 15 is 0 Å². The van der Waals surface area contributed by atoms with Crippen molar-refractivity contribution in [1.82, 2.24) is 4.90 Å². The maximum Gasteiger partial charge on any atom is 0.126 e. The molecule has 1 fully saturated rings. The van der Waals surface area contributed by atoms with Gasteiger partial charge in [0.05, 0.1) is 0 Å². The topological polar surface area (TPSA) is 23.5 Å². The van der Waals surface area contributed by atoms with Crippen molar-refractivity contribution in [3.8, 4) is 5.75 Å². The highest BCUT2D eigenvalue weighted by Crippen LogP contribution is 2.31. The molecule has 1 saturated heterocycles. The number of hydrogen-bond acceptors (Lipinski definition) is 2. The van der Waals surface area contributed by atoms with E-state index in [1.54, 1.807) is 6.07 Å². The summed E-state index contributed by atoms with van der Waals surface area (Å²) >= 11 is 0. The Morgan fingerprint density at radius 1 is 1.37 bits per heavy atom. The van der Waals surface area contributed by atoms with Gasteiger partial charge in [-0.3, -0.25) is 4.90 Å². The van der Waals surface area contributed by atoms with Crippen molar-refractivity contribution in [3.05, 3.63) is 29.6 Å². The average Bonchev–Trinajstić information content (AvgIpc) is 2.63. The fourth-order valence-electron chi connectivity index (χ4n) is 3.05. The van der Waals surface area contributed by atoms with Crippen molar-refractivity contribution >= 4 is 0 Å². The van der Waals surface area contributed by atoms with Crippen LogP contribution in [-0.2, 0) is 0 Å². The minimum Gasteiger partial charge on any atom is -0.508 e. The largest absolute Gasteiger partial charge is 0.508 e. The third-order valence-electron chi connectivity index (χ3n) is 4.45. The number of likely N-dealkylation sites (tertiary alicyclic amines) is 1. The van der Waals surface area contributed by atoms with Crippen molar-refractivity contribution in [2.24, 2.45) is 5.92 Å². The lowest BCUT2D eigenvalue weighted by Gasteiger charge is -2.28. The first kappa shape index (κ1) is 14.3. The molecule has 1 heterocycles. The van der Waals surface area contributed by atoms with Crippen LogP contribution in [0.5, 0.6) is 5.75 Å². The number of phenols is 1. The fourth-order valence-corrected chi connectivity index (χ4v) is 3.05. The van der Waals surface area contributed by atoms with E-state index in [0.29, 0.717) is 0 Å². The second-order valence-corrected chi connectivity index (χ2v) is 5.62. The average molecular weight is 265 g/mol. The van der Waals surface area contributed by atoms with Gasteiger partial charge in [0.15, 0.2) is 0 Å². The van der Waals surface area contributed by atoms with Gasteiger partial charge in [0.25, 0.3) is 0 Å². The molecule has 1 aromatic carbocycles. The molecule has 106 valence electrons. The Balaban J connectivity index is 2.08. The molecule has 1 N–H and O–H groups in total. The molecular weight excluding hydrogens is 241 g/mol. The Morgan fingerprint density at radius 3 is 2.84 bits per heavy atom. The summed E-state index contributed by atoms with van der Waals surface area (Å²) in [6.07, 6.45) is 4.99. The molecule has 2 rings (SSSR count). The second kappa shape index (κ2) is 6.38. The number of phenolic OH excluding ortho intramolecular Hbond substituents is 1. The molecule has 0 aromatic heterocycles. The van der Waals surface area contributed by atoms with E-state index in [1.165, 1.54) is 37.8 Å². The summed E-state index contributed by atoms with van der Waals surface area (Å²) in [5, 5.41) is 9.89. The van der Waals surface area contributed by atoms with Gasteiger partial charge in [-0.15, -0.1) is 0 Å². The normalized spacial score (nSPS) is 23.0. The first-order valence-corrected chi connectivity index (χ1v) is 7.34. The molecule has 0 amide bonds. The van der Waals surface area contributed by atoms with Crippen molar-refractivity contribution in [1.29, 1.82) is 0 Å². The Bertz CT molecular complexity index is 421. The van der Waals surface area contributed by atoms with Crippen LogP contribution in [0.1, 0.15) is 51.1 Å². The van der Waals surface area contributed by atoms with Crippen LogP contribution in [0.4, 0.5) is 4.39 Å². The second-order valence-electron chi connectivity index (χ2n) is 5.62. The van der Waals surface area contributed by atoms with Gasteiger partial charge in [-0.05, 0) is 51.3 Å². The molecule has 1 aromatic rings. The summed E-state index contributed by atoms with van der Waals surface area (Å²) < 4.78 is 13.0. The number of aromatic hydroxyl groups is 1. The fraction of sp³-hybridized carbons (Fsp3) is 0.625. The Kier molecular flexibility index (Phi) is 4.81. The lowest BCUT2D eigenvalue weighted by Crippen LogP contribution is -2.28. The van der Waals surface area contributed by atoms with E-state index in [1.807, 2.05) is 0 Å². The monoisotopic (exact) mass is 265 g/mol. The van der Waals surface area contributed by atoms with Gasteiger partial charge >= 0.3 is 0 Å². The highest BCUT2D eigenvalue weighted by atomic mass is 19.1. The molecule has 0 saturated carbocycles. The summed E-state index contributed by atoms with van der Waals surface area (Å²) in [6, 6.07) is 4.49. The van der Waals surface area contributed by atoms with E-state index < -0.39 is 0 Å². The number of nitrogens with zero attached hydrogens (tertiary/aromatic N) is 1. The van der Waals surface area contributed by atoms with E-state index in [2.05, 4.69) is 18.7 Å². The first-order chi connectivity index (χ1) is 9.11. The number of halogens is 1. The van der Waals surface area contributed by atoms with Crippen molar-refractivity contribution < 1.29 is 9.50 Å². The molecule has 19 heavy (non-hydrogen) atoms. The Labute approximate surface area is 115 Å². The zero-order valence-electron chi connectivity index (χ0n) is 11.9. The minimum absolute atomic E-state index is 0.0730. The van der Waals surface area contributed by atoms with Crippen LogP contribution in [0, 0.1) is 11.7 Å². The Morgan fingerprint density at radius 2 is 2.16 bits per heavy atom. The molecule has 2 nitrogen and oxygen atoms in total. The molecular formula is C16H24FNO. The van der Waals surface area contributed by atoms with E-state index in [-0.39, 0.29) is 17.6 Å². The first-order valence-electron chi connectivity index (χ1n) is 7.34. The maximum absolute atomic E-state index is 13.0. The third kappa shape index (κ3) is 3.47. The van der Waals surface area contributed by atoms with Crippen LogP contribution in [0.15, 0.2) is 18.2 Å². The predicted molar refractivity (Wildman–Crippen MR) is 75.7 cm³/mol.